The van der Waals surface area contributed by atoms with Gasteiger partial charge in [-0.3, -0.25) is 9.78 Å². The summed E-state index contributed by atoms with van der Waals surface area (Å²) in [5.74, 6) is 0.828. The topological polar surface area (TPSA) is 71.5 Å². The molecule has 0 aliphatic heterocycles. The van der Waals surface area contributed by atoms with Gasteiger partial charge in [-0.25, -0.2) is 0 Å². The third kappa shape index (κ3) is 4.04. The molecule has 1 aliphatic carbocycles. The van der Waals surface area contributed by atoms with Gasteiger partial charge >= 0.3 is 0 Å². The summed E-state index contributed by atoms with van der Waals surface area (Å²) in [7, 11) is 0. The monoisotopic (exact) mass is 346 g/mol. The van der Waals surface area contributed by atoms with E-state index in [1.807, 2.05) is 0 Å². The number of hydrogen-bond acceptors (Lipinski definition) is 4. The van der Waals surface area contributed by atoms with E-state index < -0.39 is 5.60 Å². The minimum atomic E-state index is -0.774. The van der Waals surface area contributed by atoms with E-state index in [1.165, 1.54) is 0 Å². The molecule has 0 saturated heterocycles. The predicted molar refractivity (Wildman–Crippen MR) is 91.5 cm³/mol. The first kappa shape index (κ1) is 16.7. The highest BCUT2D eigenvalue weighted by Crippen LogP contribution is 2.30. The van der Waals surface area contributed by atoms with Crippen LogP contribution in [0, 0.1) is 0 Å². The molecule has 1 saturated carbocycles. The number of pyridine rings is 1. The Morgan fingerprint density at radius 1 is 1.25 bits per heavy atom. The fourth-order valence-electron chi connectivity index (χ4n) is 2.81. The highest BCUT2D eigenvalue weighted by molar-refractivity contribution is 6.32. The summed E-state index contributed by atoms with van der Waals surface area (Å²) in [5, 5.41) is 13.4. The van der Waals surface area contributed by atoms with Gasteiger partial charge in [-0.2, -0.15) is 0 Å². The molecule has 6 heteroatoms. The van der Waals surface area contributed by atoms with Crippen LogP contribution in [-0.4, -0.2) is 28.1 Å². The normalized spacial score (nSPS) is 15.9. The Labute approximate surface area is 145 Å². The number of benzene rings is 1. The smallest absolute Gasteiger partial charge is 0.251 e. The summed E-state index contributed by atoms with van der Waals surface area (Å²) in [6.45, 7) is 0.263. The van der Waals surface area contributed by atoms with E-state index in [4.69, 9.17) is 16.3 Å². The van der Waals surface area contributed by atoms with Gasteiger partial charge in [0.15, 0.2) is 0 Å². The number of nitrogens with one attached hydrogen (secondary N) is 1. The van der Waals surface area contributed by atoms with Gasteiger partial charge in [0.05, 0.1) is 10.6 Å². The minimum Gasteiger partial charge on any atom is -0.456 e. The summed E-state index contributed by atoms with van der Waals surface area (Å²) < 4.78 is 5.66. The molecule has 2 aromatic rings. The van der Waals surface area contributed by atoms with Gasteiger partial charge in [-0.15, -0.1) is 0 Å². The standard InChI is InChI=1S/C18H19ClN2O3/c19-15-11-13(17(22)21-12-18(23)7-1-2-8-18)3-4-16(15)24-14-5-9-20-10-6-14/h3-6,9-11,23H,1-2,7-8,12H2,(H,21,22). The molecule has 0 unspecified atom stereocenters. The van der Waals surface area contributed by atoms with Gasteiger partial charge in [-0.1, -0.05) is 24.4 Å². The number of aliphatic hydroxyl groups is 1. The molecule has 1 amide bonds. The van der Waals surface area contributed by atoms with Gasteiger partial charge in [0.25, 0.3) is 5.91 Å². The van der Waals surface area contributed by atoms with E-state index in [0.717, 1.165) is 25.7 Å². The van der Waals surface area contributed by atoms with Crippen molar-refractivity contribution < 1.29 is 14.6 Å². The van der Waals surface area contributed by atoms with E-state index in [9.17, 15) is 9.90 Å². The molecule has 126 valence electrons. The summed E-state index contributed by atoms with van der Waals surface area (Å²) in [5.41, 5.74) is -0.340. The number of halogens is 1. The second-order valence-corrected chi connectivity index (χ2v) is 6.45. The molecule has 0 bridgehead atoms. The highest BCUT2D eigenvalue weighted by Gasteiger charge is 2.31. The molecule has 0 atom stereocenters. The number of hydrogen-bond donors (Lipinski definition) is 2. The Hall–Kier alpha value is -2.11. The van der Waals surface area contributed by atoms with Crippen molar-refractivity contribution in [1.82, 2.24) is 10.3 Å². The van der Waals surface area contributed by atoms with E-state index in [1.54, 1.807) is 42.7 Å². The van der Waals surface area contributed by atoms with Crippen molar-refractivity contribution in [2.24, 2.45) is 0 Å². The zero-order valence-corrected chi connectivity index (χ0v) is 13.9. The van der Waals surface area contributed by atoms with Gasteiger partial charge in [-0.05, 0) is 43.2 Å². The second-order valence-electron chi connectivity index (χ2n) is 6.04. The Morgan fingerprint density at radius 2 is 1.96 bits per heavy atom. The molecule has 1 aliphatic rings. The third-order valence-electron chi connectivity index (χ3n) is 4.18. The predicted octanol–water partition coefficient (Wildman–Crippen LogP) is 3.56. The average Bonchev–Trinajstić information content (AvgIpc) is 3.02. The minimum absolute atomic E-state index is 0.257. The summed E-state index contributed by atoms with van der Waals surface area (Å²) >= 11 is 6.21. The van der Waals surface area contributed by atoms with Crippen LogP contribution in [0.1, 0.15) is 36.0 Å². The second kappa shape index (κ2) is 7.20. The van der Waals surface area contributed by atoms with Crippen LogP contribution in [0.3, 0.4) is 0 Å². The lowest BCUT2D eigenvalue weighted by molar-refractivity contribution is 0.0449. The zero-order chi connectivity index (χ0) is 17.0. The van der Waals surface area contributed by atoms with Crippen molar-refractivity contribution in [1.29, 1.82) is 0 Å². The zero-order valence-electron chi connectivity index (χ0n) is 13.2. The van der Waals surface area contributed by atoms with Crippen LogP contribution < -0.4 is 10.1 Å². The Bertz CT molecular complexity index is 715. The summed E-state index contributed by atoms with van der Waals surface area (Å²) in [4.78, 5) is 16.2. The van der Waals surface area contributed by atoms with E-state index in [0.29, 0.717) is 22.1 Å². The van der Waals surface area contributed by atoms with Crippen LogP contribution in [0.25, 0.3) is 0 Å². The number of aromatic nitrogens is 1. The van der Waals surface area contributed by atoms with Crippen LogP contribution in [0.15, 0.2) is 42.7 Å². The number of rotatable bonds is 5. The molecule has 1 aromatic heterocycles. The number of ether oxygens (including phenoxy) is 1. The third-order valence-corrected chi connectivity index (χ3v) is 4.48. The molecule has 0 radical (unpaired) electrons. The molecule has 24 heavy (non-hydrogen) atoms. The summed E-state index contributed by atoms with van der Waals surface area (Å²) in [6, 6.07) is 8.31. The summed E-state index contributed by atoms with van der Waals surface area (Å²) in [6.07, 6.45) is 6.70. The molecule has 5 nitrogen and oxygen atoms in total. The molecule has 2 N–H and O–H groups in total. The molecule has 3 rings (SSSR count). The number of amides is 1. The van der Waals surface area contributed by atoms with Crippen molar-refractivity contribution >= 4 is 17.5 Å². The number of carbonyl (C=O) groups is 1. The number of nitrogens with zero attached hydrogens (tertiary/aromatic N) is 1. The lowest BCUT2D eigenvalue weighted by atomic mass is 10.0. The van der Waals surface area contributed by atoms with Gasteiger partial charge in [0, 0.05) is 24.5 Å². The van der Waals surface area contributed by atoms with Gasteiger partial charge in [0.1, 0.15) is 11.5 Å². The molecule has 0 spiro atoms. The fraction of sp³-hybridized carbons (Fsp3) is 0.333. The maximum atomic E-state index is 12.2. The lowest BCUT2D eigenvalue weighted by Crippen LogP contribution is -2.40. The SMILES string of the molecule is O=C(NCC1(O)CCCC1)c1ccc(Oc2ccncc2)c(Cl)c1. The Balaban J connectivity index is 1.64. The van der Waals surface area contributed by atoms with Crippen LogP contribution in [0.2, 0.25) is 5.02 Å². The van der Waals surface area contributed by atoms with Crippen LogP contribution >= 0.6 is 11.6 Å². The van der Waals surface area contributed by atoms with Gasteiger partial charge < -0.3 is 15.2 Å². The maximum absolute atomic E-state index is 12.2. The molecule has 1 aromatic carbocycles. The Kier molecular flexibility index (Phi) is 5.02. The molecular formula is C18H19ClN2O3. The highest BCUT2D eigenvalue weighted by atomic mass is 35.5. The van der Waals surface area contributed by atoms with E-state index in [2.05, 4.69) is 10.3 Å². The molecule has 1 fully saturated rings. The van der Waals surface area contributed by atoms with Gasteiger partial charge in [0.2, 0.25) is 0 Å². The Morgan fingerprint density at radius 3 is 2.62 bits per heavy atom. The fourth-order valence-corrected chi connectivity index (χ4v) is 3.03. The van der Waals surface area contributed by atoms with Crippen molar-refractivity contribution in [2.75, 3.05) is 6.54 Å². The molecular weight excluding hydrogens is 328 g/mol. The first-order valence-corrected chi connectivity index (χ1v) is 8.32. The van der Waals surface area contributed by atoms with Crippen molar-refractivity contribution in [3.63, 3.8) is 0 Å². The lowest BCUT2D eigenvalue weighted by Gasteiger charge is -2.22. The van der Waals surface area contributed by atoms with E-state index in [-0.39, 0.29) is 12.5 Å². The largest absolute Gasteiger partial charge is 0.456 e. The van der Waals surface area contributed by atoms with Crippen LogP contribution in [0.4, 0.5) is 0 Å². The maximum Gasteiger partial charge on any atom is 0.251 e. The van der Waals surface area contributed by atoms with Crippen LogP contribution in [-0.2, 0) is 0 Å². The van der Waals surface area contributed by atoms with Crippen LogP contribution in [0.5, 0.6) is 11.5 Å². The average molecular weight is 347 g/mol. The molecule has 1 heterocycles. The quantitative estimate of drug-likeness (QED) is 0.868. The van der Waals surface area contributed by atoms with E-state index >= 15 is 0 Å². The number of carbonyl (C=O) groups excluding carboxylic acids is 1. The van der Waals surface area contributed by atoms with Crippen molar-refractivity contribution in [3.05, 3.63) is 53.3 Å². The first-order valence-electron chi connectivity index (χ1n) is 7.94. The van der Waals surface area contributed by atoms with Crippen molar-refractivity contribution in [2.45, 2.75) is 31.3 Å². The van der Waals surface area contributed by atoms with Crippen molar-refractivity contribution in [3.8, 4) is 11.5 Å². The first-order chi connectivity index (χ1) is 11.6.